The number of aryl methyl sites for hydroxylation is 2. The highest BCUT2D eigenvalue weighted by Gasteiger charge is 2.34. The number of nitrogens with one attached hydrogen (secondary N) is 1. The van der Waals surface area contributed by atoms with Crippen LogP contribution >= 0.6 is 0 Å². The van der Waals surface area contributed by atoms with Crippen LogP contribution in [0.2, 0.25) is 0 Å². The smallest absolute Gasteiger partial charge is 0.317 e. The zero-order valence-electron chi connectivity index (χ0n) is 18.8. The molecule has 0 radical (unpaired) electrons. The number of amides is 2. The molecule has 168 valence electrons. The summed E-state index contributed by atoms with van der Waals surface area (Å²) >= 11 is 0. The molecule has 3 aromatic rings. The topological polar surface area (TPSA) is 59.4 Å². The second kappa shape index (κ2) is 9.42. The minimum absolute atomic E-state index is 0.0758. The number of carbonyl (C=O) groups is 1. The molecule has 1 aliphatic carbocycles. The van der Waals surface area contributed by atoms with Crippen LogP contribution in [-0.2, 0) is 13.0 Å². The molecule has 4 rings (SSSR count). The number of nitrogens with zero attached hydrogens (tertiary/aromatic N) is 3. The van der Waals surface area contributed by atoms with Gasteiger partial charge in [-0.25, -0.2) is 13.9 Å². The van der Waals surface area contributed by atoms with Crippen LogP contribution in [-0.4, -0.2) is 33.3 Å². The van der Waals surface area contributed by atoms with E-state index in [4.69, 9.17) is 9.84 Å². The van der Waals surface area contributed by atoms with E-state index in [1.807, 2.05) is 49.9 Å². The van der Waals surface area contributed by atoms with E-state index in [9.17, 15) is 9.18 Å². The molecule has 2 amide bonds. The molecule has 0 saturated heterocycles. The molecule has 0 atom stereocenters. The Bertz CT molecular complexity index is 1090. The van der Waals surface area contributed by atoms with Crippen LogP contribution in [0.3, 0.4) is 0 Å². The average Bonchev–Trinajstić information content (AvgIpc) is 3.56. The lowest BCUT2D eigenvalue weighted by Crippen LogP contribution is -2.41. The van der Waals surface area contributed by atoms with Crippen LogP contribution in [0.1, 0.15) is 43.5 Å². The zero-order valence-corrected chi connectivity index (χ0v) is 18.8. The zero-order chi connectivity index (χ0) is 22.7. The third-order valence-corrected chi connectivity index (χ3v) is 5.53. The van der Waals surface area contributed by atoms with Gasteiger partial charge in [-0.1, -0.05) is 19.1 Å². The number of aromatic nitrogens is 2. The predicted octanol–water partition coefficient (Wildman–Crippen LogP) is 5.37. The highest BCUT2D eigenvalue weighted by Crippen LogP contribution is 2.35. The number of benzene rings is 2. The van der Waals surface area contributed by atoms with Gasteiger partial charge < -0.3 is 15.0 Å². The monoisotopic (exact) mass is 436 g/mol. The fourth-order valence-electron chi connectivity index (χ4n) is 3.75. The molecule has 0 spiro atoms. The Morgan fingerprint density at radius 1 is 1.22 bits per heavy atom. The molecule has 1 saturated carbocycles. The van der Waals surface area contributed by atoms with Crippen molar-refractivity contribution < 1.29 is 13.9 Å². The lowest BCUT2D eigenvalue weighted by atomic mass is 10.2. The fraction of sp³-hybridized carbons (Fsp3) is 0.360. The summed E-state index contributed by atoms with van der Waals surface area (Å²) in [7, 11) is 0. The van der Waals surface area contributed by atoms with Gasteiger partial charge in [-0.2, -0.15) is 5.10 Å². The third-order valence-electron chi connectivity index (χ3n) is 5.53. The van der Waals surface area contributed by atoms with Crippen molar-refractivity contribution in [3.05, 3.63) is 71.2 Å². The number of hydrogen-bond donors (Lipinski definition) is 1. The lowest BCUT2D eigenvalue weighted by Gasteiger charge is -2.23. The van der Waals surface area contributed by atoms with Crippen molar-refractivity contribution in [1.29, 1.82) is 0 Å². The van der Waals surface area contributed by atoms with E-state index in [1.165, 1.54) is 12.1 Å². The Morgan fingerprint density at radius 2 is 1.97 bits per heavy atom. The van der Waals surface area contributed by atoms with Crippen molar-refractivity contribution in [1.82, 2.24) is 20.0 Å². The molecule has 1 aliphatic rings. The Labute approximate surface area is 188 Å². The summed E-state index contributed by atoms with van der Waals surface area (Å²) in [4.78, 5) is 14.6. The van der Waals surface area contributed by atoms with Crippen molar-refractivity contribution >= 4 is 6.03 Å². The molecule has 0 unspecified atom stereocenters. The van der Waals surface area contributed by atoms with Gasteiger partial charge in [-0.15, -0.1) is 0 Å². The van der Waals surface area contributed by atoms with Gasteiger partial charge in [0.1, 0.15) is 11.6 Å². The number of urea groups is 1. The maximum Gasteiger partial charge on any atom is 0.317 e. The summed E-state index contributed by atoms with van der Waals surface area (Å²) < 4.78 is 21.6. The summed E-state index contributed by atoms with van der Waals surface area (Å²) in [6.07, 6.45) is 2.68. The van der Waals surface area contributed by atoms with E-state index in [2.05, 4.69) is 5.32 Å². The van der Waals surface area contributed by atoms with Crippen molar-refractivity contribution in [2.75, 3.05) is 6.54 Å². The second-order valence-corrected chi connectivity index (χ2v) is 8.09. The standard InChI is InChI=1S/C25H29FN4O2/c1-4-23-22(16-29(19-13-14-19)25(31)27-5-2)24(32-21-8-6-7-17(3)15-21)30(28-23)20-11-9-18(26)10-12-20/h6-12,15,19H,4-5,13-14,16H2,1-3H3,(H,27,31). The molecule has 0 aliphatic heterocycles. The van der Waals surface area contributed by atoms with E-state index >= 15 is 0 Å². The molecular formula is C25H29FN4O2. The number of ether oxygens (including phenoxy) is 1. The first-order valence-electron chi connectivity index (χ1n) is 11.2. The maximum absolute atomic E-state index is 13.6. The van der Waals surface area contributed by atoms with Crippen molar-refractivity contribution in [3.63, 3.8) is 0 Å². The van der Waals surface area contributed by atoms with Crippen molar-refractivity contribution in [2.24, 2.45) is 0 Å². The normalized spacial score (nSPS) is 13.1. The number of halogens is 1. The van der Waals surface area contributed by atoms with E-state index in [0.29, 0.717) is 36.8 Å². The molecule has 0 bridgehead atoms. The van der Waals surface area contributed by atoms with Gasteiger partial charge in [-0.3, -0.25) is 0 Å². The molecule has 1 fully saturated rings. The molecule has 32 heavy (non-hydrogen) atoms. The van der Waals surface area contributed by atoms with Gasteiger partial charge in [0.15, 0.2) is 0 Å². The van der Waals surface area contributed by atoms with Gasteiger partial charge in [0.25, 0.3) is 0 Å². The molecule has 2 aromatic carbocycles. The quantitative estimate of drug-likeness (QED) is 0.517. The first-order chi connectivity index (χ1) is 15.5. The minimum atomic E-state index is -0.311. The van der Waals surface area contributed by atoms with Crippen LogP contribution in [0.5, 0.6) is 11.6 Å². The third kappa shape index (κ3) is 4.77. The molecule has 7 heteroatoms. The number of hydrogen-bond acceptors (Lipinski definition) is 3. The second-order valence-electron chi connectivity index (χ2n) is 8.09. The average molecular weight is 437 g/mol. The summed E-state index contributed by atoms with van der Waals surface area (Å²) in [5.74, 6) is 0.927. The molecule has 1 aromatic heterocycles. The van der Waals surface area contributed by atoms with Crippen molar-refractivity contribution in [2.45, 2.75) is 52.6 Å². The molecular weight excluding hydrogens is 407 g/mol. The highest BCUT2D eigenvalue weighted by atomic mass is 19.1. The van der Waals surface area contributed by atoms with Crippen LogP contribution in [0.4, 0.5) is 9.18 Å². The minimum Gasteiger partial charge on any atom is -0.439 e. The van der Waals surface area contributed by atoms with Crippen molar-refractivity contribution in [3.8, 4) is 17.3 Å². The summed E-state index contributed by atoms with van der Waals surface area (Å²) in [6.45, 7) is 6.93. The van der Waals surface area contributed by atoms with Gasteiger partial charge in [0.05, 0.1) is 23.5 Å². The maximum atomic E-state index is 13.6. The van der Waals surface area contributed by atoms with Gasteiger partial charge in [-0.05, 0) is 75.1 Å². The van der Waals surface area contributed by atoms with E-state index in [1.54, 1.807) is 16.8 Å². The lowest BCUT2D eigenvalue weighted by molar-refractivity contribution is 0.192. The first kappa shape index (κ1) is 21.9. The largest absolute Gasteiger partial charge is 0.439 e. The number of rotatable bonds is 8. The predicted molar refractivity (Wildman–Crippen MR) is 122 cm³/mol. The summed E-state index contributed by atoms with van der Waals surface area (Å²) in [6, 6.07) is 14.1. The first-order valence-corrected chi connectivity index (χ1v) is 11.2. The molecule has 1 heterocycles. The van der Waals surface area contributed by atoms with Crippen LogP contribution in [0, 0.1) is 12.7 Å². The Balaban J connectivity index is 1.79. The highest BCUT2D eigenvalue weighted by molar-refractivity contribution is 5.75. The Kier molecular flexibility index (Phi) is 6.44. The molecule has 6 nitrogen and oxygen atoms in total. The van der Waals surface area contributed by atoms with Gasteiger partial charge >= 0.3 is 6.03 Å². The van der Waals surface area contributed by atoms with Gasteiger partial charge in [0.2, 0.25) is 5.88 Å². The van der Waals surface area contributed by atoms with Crippen LogP contribution in [0.15, 0.2) is 48.5 Å². The Morgan fingerprint density at radius 3 is 2.59 bits per heavy atom. The van der Waals surface area contributed by atoms with E-state index in [-0.39, 0.29) is 17.9 Å². The van der Waals surface area contributed by atoms with Gasteiger partial charge in [0, 0.05) is 12.6 Å². The van der Waals surface area contributed by atoms with E-state index in [0.717, 1.165) is 29.7 Å². The summed E-state index contributed by atoms with van der Waals surface area (Å²) in [5, 5.41) is 7.72. The summed E-state index contributed by atoms with van der Waals surface area (Å²) in [5.41, 5.74) is 3.50. The molecule has 1 N–H and O–H groups in total. The Hall–Kier alpha value is -3.35. The van der Waals surface area contributed by atoms with Crippen LogP contribution in [0.25, 0.3) is 5.69 Å². The SMILES string of the molecule is CCNC(=O)N(Cc1c(CC)nn(-c2ccc(F)cc2)c1Oc1cccc(C)c1)C1CC1. The number of carbonyl (C=O) groups excluding carboxylic acids is 1. The fourth-order valence-corrected chi connectivity index (χ4v) is 3.75. The van der Waals surface area contributed by atoms with Crippen LogP contribution < -0.4 is 10.1 Å². The van der Waals surface area contributed by atoms with E-state index < -0.39 is 0 Å².